The van der Waals surface area contributed by atoms with Gasteiger partial charge in [-0.25, -0.2) is 4.39 Å². The molecule has 1 aromatic rings. The van der Waals surface area contributed by atoms with Crippen molar-refractivity contribution in [3.05, 3.63) is 35.6 Å². The van der Waals surface area contributed by atoms with E-state index in [1.165, 1.54) is 24.3 Å². The molecule has 82 valence electrons. The number of hydrogen-bond acceptors (Lipinski definition) is 1. The van der Waals surface area contributed by atoms with Crippen molar-refractivity contribution < 1.29 is 9.18 Å². The molecule has 3 heteroatoms. The molecule has 0 spiro atoms. The van der Waals surface area contributed by atoms with E-state index in [1.54, 1.807) is 0 Å². The Morgan fingerprint density at radius 1 is 1.33 bits per heavy atom. The predicted octanol–water partition coefficient (Wildman–Crippen LogP) is 2.60. The van der Waals surface area contributed by atoms with Crippen LogP contribution in [0.5, 0.6) is 0 Å². The highest BCUT2D eigenvalue weighted by Gasteiger charge is 2.04. The number of hydrogen-bond donors (Lipinski definition) is 1. The van der Waals surface area contributed by atoms with E-state index in [9.17, 15) is 9.18 Å². The maximum Gasteiger partial charge on any atom is 0.251 e. The zero-order valence-corrected chi connectivity index (χ0v) is 9.09. The van der Waals surface area contributed by atoms with E-state index in [4.69, 9.17) is 0 Å². The second-order valence-corrected chi connectivity index (χ2v) is 3.95. The lowest BCUT2D eigenvalue weighted by molar-refractivity contribution is 0.0952. The number of nitrogens with one attached hydrogen (secondary N) is 1. The van der Waals surface area contributed by atoms with Crippen LogP contribution in [0.2, 0.25) is 0 Å². The van der Waals surface area contributed by atoms with E-state index < -0.39 is 0 Å². The Balaban J connectivity index is 2.43. The molecule has 0 unspecified atom stereocenters. The summed E-state index contributed by atoms with van der Waals surface area (Å²) in [5, 5.41) is 2.79. The minimum atomic E-state index is -0.325. The second-order valence-electron chi connectivity index (χ2n) is 3.95. The van der Waals surface area contributed by atoms with Crippen LogP contribution < -0.4 is 5.32 Å². The van der Waals surface area contributed by atoms with E-state index in [2.05, 4.69) is 19.2 Å². The third-order valence-electron chi connectivity index (χ3n) is 2.11. The summed E-state index contributed by atoms with van der Waals surface area (Å²) in [4.78, 5) is 11.5. The van der Waals surface area contributed by atoms with Crippen molar-refractivity contribution in [2.45, 2.75) is 20.3 Å². The van der Waals surface area contributed by atoms with Crippen LogP contribution in [-0.4, -0.2) is 12.5 Å². The van der Waals surface area contributed by atoms with Gasteiger partial charge in [-0.3, -0.25) is 4.79 Å². The normalized spacial score (nSPS) is 10.4. The summed E-state index contributed by atoms with van der Waals surface area (Å²) in [6.45, 7) is 4.86. The van der Waals surface area contributed by atoms with E-state index in [0.29, 0.717) is 18.0 Å². The van der Waals surface area contributed by atoms with Crippen molar-refractivity contribution in [2.24, 2.45) is 5.92 Å². The summed E-state index contributed by atoms with van der Waals surface area (Å²) in [7, 11) is 0. The summed E-state index contributed by atoms with van der Waals surface area (Å²) in [5.74, 6) is 0.0999. The van der Waals surface area contributed by atoms with Crippen LogP contribution in [-0.2, 0) is 0 Å². The van der Waals surface area contributed by atoms with Gasteiger partial charge in [-0.05, 0) is 36.6 Å². The van der Waals surface area contributed by atoms with E-state index in [1.807, 2.05) is 0 Å². The molecule has 0 aromatic heterocycles. The monoisotopic (exact) mass is 209 g/mol. The van der Waals surface area contributed by atoms with Gasteiger partial charge in [0.25, 0.3) is 5.91 Å². The van der Waals surface area contributed by atoms with Crippen LogP contribution in [0.3, 0.4) is 0 Å². The van der Waals surface area contributed by atoms with E-state index >= 15 is 0 Å². The van der Waals surface area contributed by atoms with Gasteiger partial charge in [-0.1, -0.05) is 13.8 Å². The van der Waals surface area contributed by atoms with Crippen molar-refractivity contribution >= 4 is 5.91 Å². The fraction of sp³-hybridized carbons (Fsp3) is 0.417. The molecule has 1 amide bonds. The van der Waals surface area contributed by atoms with Gasteiger partial charge in [-0.2, -0.15) is 0 Å². The molecule has 1 rings (SSSR count). The van der Waals surface area contributed by atoms with Crippen molar-refractivity contribution in [2.75, 3.05) is 6.54 Å². The van der Waals surface area contributed by atoms with Crippen LogP contribution in [0.25, 0.3) is 0 Å². The molecule has 0 saturated heterocycles. The van der Waals surface area contributed by atoms with Gasteiger partial charge in [0.05, 0.1) is 0 Å². The van der Waals surface area contributed by atoms with Crippen molar-refractivity contribution in [3.8, 4) is 0 Å². The first-order chi connectivity index (χ1) is 7.09. The molecule has 1 N–H and O–H groups in total. The van der Waals surface area contributed by atoms with Crippen molar-refractivity contribution in [1.82, 2.24) is 5.32 Å². The van der Waals surface area contributed by atoms with Crippen LogP contribution >= 0.6 is 0 Å². The van der Waals surface area contributed by atoms with Crippen molar-refractivity contribution in [1.29, 1.82) is 0 Å². The Labute approximate surface area is 89.5 Å². The van der Waals surface area contributed by atoms with Gasteiger partial charge in [-0.15, -0.1) is 0 Å². The molecule has 1 aromatic carbocycles. The highest BCUT2D eigenvalue weighted by atomic mass is 19.1. The highest BCUT2D eigenvalue weighted by molar-refractivity contribution is 5.94. The minimum absolute atomic E-state index is 0.143. The SMILES string of the molecule is CC(C)CCNC(=O)c1ccc(F)cc1. The number of carbonyl (C=O) groups excluding carboxylic acids is 1. The van der Waals surface area contributed by atoms with Crippen LogP contribution in [0.15, 0.2) is 24.3 Å². The topological polar surface area (TPSA) is 29.1 Å². The van der Waals surface area contributed by atoms with Gasteiger partial charge >= 0.3 is 0 Å². The number of rotatable bonds is 4. The molecule has 15 heavy (non-hydrogen) atoms. The molecular formula is C12H16FNO. The molecular weight excluding hydrogens is 193 g/mol. The first-order valence-corrected chi connectivity index (χ1v) is 5.13. The van der Waals surface area contributed by atoms with Gasteiger partial charge < -0.3 is 5.32 Å². The molecule has 0 bridgehead atoms. The first kappa shape index (κ1) is 11.7. The molecule has 2 nitrogen and oxygen atoms in total. The third kappa shape index (κ3) is 4.11. The molecule has 0 aliphatic heterocycles. The molecule has 0 radical (unpaired) electrons. The number of carbonyl (C=O) groups is 1. The Morgan fingerprint density at radius 2 is 1.93 bits per heavy atom. The van der Waals surface area contributed by atoms with Gasteiger partial charge in [0.2, 0.25) is 0 Å². The van der Waals surface area contributed by atoms with Gasteiger partial charge in [0.1, 0.15) is 5.82 Å². The average molecular weight is 209 g/mol. The molecule has 0 aliphatic carbocycles. The summed E-state index contributed by atoms with van der Waals surface area (Å²) in [6.07, 6.45) is 0.951. The quantitative estimate of drug-likeness (QED) is 0.811. The summed E-state index contributed by atoms with van der Waals surface area (Å²) < 4.78 is 12.6. The van der Waals surface area contributed by atoms with Crippen LogP contribution in [0.1, 0.15) is 30.6 Å². The fourth-order valence-electron chi connectivity index (χ4n) is 1.18. The lowest BCUT2D eigenvalue weighted by Crippen LogP contribution is -2.25. The maximum atomic E-state index is 12.6. The third-order valence-corrected chi connectivity index (χ3v) is 2.11. The zero-order chi connectivity index (χ0) is 11.3. The number of amides is 1. The average Bonchev–Trinajstić information content (AvgIpc) is 2.18. The Hall–Kier alpha value is -1.38. The van der Waals surface area contributed by atoms with E-state index in [-0.39, 0.29) is 11.7 Å². The fourth-order valence-corrected chi connectivity index (χ4v) is 1.18. The molecule has 0 aliphatic rings. The minimum Gasteiger partial charge on any atom is -0.352 e. The van der Waals surface area contributed by atoms with Crippen molar-refractivity contribution in [3.63, 3.8) is 0 Å². The second kappa shape index (κ2) is 5.49. The van der Waals surface area contributed by atoms with Gasteiger partial charge in [0, 0.05) is 12.1 Å². The van der Waals surface area contributed by atoms with Crippen LogP contribution in [0, 0.1) is 11.7 Å². The Bertz CT molecular complexity index is 319. The largest absolute Gasteiger partial charge is 0.352 e. The highest BCUT2D eigenvalue weighted by Crippen LogP contribution is 2.03. The molecule has 0 fully saturated rings. The number of halogens is 1. The summed E-state index contributed by atoms with van der Waals surface area (Å²) >= 11 is 0. The lowest BCUT2D eigenvalue weighted by Gasteiger charge is -2.06. The maximum absolute atomic E-state index is 12.6. The Morgan fingerprint density at radius 3 is 2.47 bits per heavy atom. The van der Waals surface area contributed by atoms with Crippen LogP contribution in [0.4, 0.5) is 4.39 Å². The zero-order valence-electron chi connectivity index (χ0n) is 9.09. The standard InChI is InChI=1S/C12H16FNO/c1-9(2)7-8-14-12(15)10-3-5-11(13)6-4-10/h3-6,9H,7-8H2,1-2H3,(H,14,15). The molecule has 0 heterocycles. The first-order valence-electron chi connectivity index (χ1n) is 5.13. The predicted molar refractivity (Wildman–Crippen MR) is 58.2 cm³/mol. The van der Waals surface area contributed by atoms with E-state index in [0.717, 1.165) is 6.42 Å². The molecule has 0 atom stereocenters. The van der Waals surface area contributed by atoms with Gasteiger partial charge in [0.15, 0.2) is 0 Å². The number of benzene rings is 1. The summed E-state index contributed by atoms with van der Waals surface area (Å²) in [6, 6.07) is 5.55. The summed E-state index contributed by atoms with van der Waals surface area (Å²) in [5.41, 5.74) is 0.500. The lowest BCUT2D eigenvalue weighted by atomic mass is 10.1. The molecule has 0 saturated carbocycles. The Kier molecular flexibility index (Phi) is 4.28. The smallest absolute Gasteiger partial charge is 0.251 e.